The third-order valence-electron chi connectivity index (χ3n) is 2.91. The molecule has 19 heavy (non-hydrogen) atoms. The van der Waals surface area contributed by atoms with Crippen LogP contribution in [-0.4, -0.2) is 42.5 Å². The molecule has 0 saturated carbocycles. The standard InChI is InChI=1S/C14H20N2O3/c1-16(11-8-12-6-9-15-10-7-12)13(17)4-3-5-14(18)19-2/h6-7,9-10H,3-5,8,11H2,1-2H3. The Morgan fingerprint density at radius 3 is 2.58 bits per heavy atom. The zero-order valence-electron chi connectivity index (χ0n) is 11.5. The number of amides is 1. The summed E-state index contributed by atoms with van der Waals surface area (Å²) in [6.07, 6.45) is 5.50. The highest BCUT2D eigenvalue weighted by molar-refractivity contribution is 5.76. The van der Waals surface area contributed by atoms with Gasteiger partial charge in [0.15, 0.2) is 0 Å². The zero-order valence-corrected chi connectivity index (χ0v) is 11.5. The van der Waals surface area contributed by atoms with Gasteiger partial charge in [0.2, 0.25) is 5.91 Å². The molecule has 5 heteroatoms. The van der Waals surface area contributed by atoms with Crippen molar-refractivity contribution in [3.63, 3.8) is 0 Å². The molecule has 0 aromatic carbocycles. The number of methoxy groups -OCH3 is 1. The van der Waals surface area contributed by atoms with Crippen LogP contribution in [0.1, 0.15) is 24.8 Å². The fourth-order valence-corrected chi connectivity index (χ4v) is 1.65. The van der Waals surface area contributed by atoms with E-state index in [-0.39, 0.29) is 11.9 Å². The van der Waals surface area contributed by atoms with E-state index in [2.05, 4.69) is 9.72 Å². The van der Waals surface area contributed by atoms with E-state index in [4.69, 9.17) is 0 Å². The molecule has 5 nitrogen and oxygen atoms in total. The Labute approximate surface area is 113 Å². The third kappa shape index (κ3) is 5.99. The van der Waals surface area contributed by atoms with Crippen molar-refractivity contribution in [2.45, 2.75) is 25.7 Å². The van der Waals surface area contributed by atoms with Crippen LogP contribution in [0.3, 0.4) is 0 Å². The number of likely N-dealkylation sites (N-methyl/N-ethyl adjacent to an activating group) is 1. The van der Waals surface area contributed by atoms with Crippen LogP contribution in [0.15, 0.2) is 24.5 Å². The van der Waals surface area contributed by atoms with Crippen molar-refractivity contribution < 1.29 is 14.3 Å². The molecule has 0 bridgehead atoms. The lowest BCUT2D eigenvalue weighted by Gasteiger charge is -2.16. The predicted molar refractivity (Wildman–Crippen MR) is 71.4 cm³/mol. The highest BCUT2D eigenvalue weighted by atomic mass is 16.5. The Balaban J connectivity index is 2.23. The number of pyridine rings is 1. The van der Waals surface area contributed by atoms with Crippen LogP contribution in [0.2, 0.25) is 0 Å². The lowest BCUT2D eigenvalue weighted by atomic mass is 10.2. The summed E-state index contributed by atoms with van der Waals surface area (Å²) >= 11 is 0. The summed E-state index contributed by atoms with van der Waals surface area (Å²) in [6, 6.07) is 3.88. The van der Waals surface area contributed by atoms with Crippen LogP contribution in [0.5, 0.6) is 0 Å². The average molecular weight is 264 g/mol. The molecule has 0 aliphatic rings. The molecule has 1 aromatic rings. The first kappa shape index (κ1) is 15.1. The molecular formula is C14H20N2O3. The Kier molecular flexibility index (Phi) is 6.57. The summed E-state index contributed by atoms with van der Waals surface area (Å²) in [5.74, 6) is -0.217. The summed E-state index contributed by atoms with van der Waals surface area (Å²) in [6.45, 7) is 0.668. The second-order valence-electron chi connectivity index (χ2n) is 4.35. The Morgan fingerprint density at radius 1 is 1.26 bits per heavy atom. The first-order valence-corrected chi connectivity index (χ1v) is 6.33. The average Bonchev–Trinajstić information content (AvgIpc) is 2.45. The molecular weight excluding hydrogens is 244 g/mol. The van der Waals surface area contributed by atoms with E-state index in [0.717, 1.165) is 12.0 Å². The van der Waals surface area contributed by atoms with Crippen molar-refractivity contribution in [1.29, 1.82) is 0 Å². The van der Waals surface area contributed by atoms with Gasteiger partial charge in [0.25, 0.3) is 0 Å². The molecule has 0 spiro atoms. The van der Waals surface area contributed by atoms with E-state index in [1.165, 1.54) is 7.11 Å². The molecule has 1 rings (SSSR count). The summed E-state index contributed by atoms with van der Waals surface area (Å²) in [7, 11) is 3.13. The van der Waals surface area contributed by atoms with E-state index in [0.29, 0.717) is 25.8 Å². The van der Waals surface area contributed by atoms with Crippen LogP contribution in [0.4, 0.5) is 0 Å². The number of hydrogen-bond acceptors (Lipinski definition) is 4. The van der Waals surface area contributed by atoms with Gasteiger partial charge in [-0.2, -0.15) is 0 Å². The normalized spacial score (nSPS) is 10.0. The molecule has 0 aliphatic carbocycles. The van der Waals surface area contributed by atoms with Gasteiger partial charge in [0.1, 0.15) is 0 Å². The van der Waals surface area contributed by atoms with E-state index < -0.39 is 0 Å². The third-order valence-corrected chi connectivity index (χ3v) is 2.91. The summed E-state index contributed by atoms with van der Waals surface area (Å²) in [5.41, 5.74) is 1.16. The van der Waals surface area contributed by atoms with E-state index in [9.17, 15) is 9.59 Å². The molecule has 1 aromatic heterocycles. The first-order valence-electron chi connectivity index (χ1n) is 6.33. The topological polar surface area (TPSA) is 59.5 Å². The Bertz CT molecular complexity index is 406. The Morgan fingerprint density at radius 2 is 1.95 bits per heavy atom. The van der Waals surface area contributed by atoms with Crippen LogP contribution in [0, 0.1) is 0 Å². The molecule has 104 valence electrons. The van der Waals surface area contributed by atoms with E-state index in [1.807, 2.05) is 12.1 Å². The van der Waals surface area contributed by atoms with Gasteiger partial charge in [-0.15, -0.1) is 0 Å². The number of carbonyl (C=O) groups excluding carboxylic acids is 2. The minimum atomic E-state index is -0.271. The number of esters is 1. The molecule has 0 unspecified atom stereocenters. The number of aromatic nitrogens is 1. The molecule has 0 radical (unpaired) electrons. The monoisotopic (exact) mass is 264 g/mol. The van der Waals surface area contributed by atoms with Gasteiger partial charge in [0, 0.05) is 38.8 Å². The molecule has 0 aliphatic heterocycles. The van der Waals surface area contributed by atoms with Gasteiger partial charge in [-0.25, -0.2) is 0 Å². The van der Waals surface area contributed by atoms with E-state index in [1.54, 1.807) is 24.3 Å². The minimum Gasteiger partial charge on any atom is -0.469 e. The maximum atomic E-state index is 11.8. The SMILES string of the molecule is COC(=O)CCCC(=O)N(C)CCc1ccncc1. The lowest BCUT2D eigenvalue weighted by molar-refractivity contribution is -0.140. The summed E-state index contributed by atoms with van der Waals surface area (Å²) in [5, 5.41) is 0. The van der Waals surface area contributed by atoms with Gasteiger partial charge < -0.3 is 9.64 Å². The highest BCUT2D eigenvalue weighted by Crippen LogP contribution is 2.03. The number of rotatable bonds is 7. The van der Waals surface area contributed by atoms with Crippen LogP contribution < -0.4 is 0 Å². The van der Waals surface area contributed by atoms with Crippen molar-refractivity contribution in [1.82, 2.24) is 9.88 Å². The lowest BCUT2D eigenvalue weighted by Crippen LogP contribution is -2.28. The second kappa shape index (κ2) is 8.24. The molecule has 0 atom stereocenters. The molecule has 1 heterocycles. The van der Waals surface area contributed by atoms with Crippen molar-refractivity contribution in [2.75, 3.05) is 20.7 Å². The van der Waals surface area contributed by atoms with Crippen molar-refractivity contribution in [3.05, 3.63) is 30.1 Å². The maximum absolute atomic E-state index is 11.8. The van der Waals surface area contributed by atoms with Crippen molar-refractivity contribution in [2.24, 2.45) is 0 Å². The fourth-order valence-electron chi connectivity index (χ4n) is 1.65. The smallest absolute Gasteiger partial charge is 0.305 e. The molecule has 0 fully saturated rings. The summed E-state index contributed by atoms with van der Waals surface area (Å²) in [4.78, 5) is 28.4. The maximum Gasteiger partial charge on any atom is 0.305 e. The largest absolute Gasteiger partial charge is 0.469 e. The van der Waals surface area contributed by atoms with Gasteiger partial charge in [0.05, 0.1) is 7.11 Å². The molecule has 0 saturated heterocycles. The van der Waals surface area contributed by atoms with Gasteiger partial charge in [-0.1, -0.05) is 0 Å². The van der Waals surface area contributed by atoms with Crippen molar-refractivity contribution >= 4 is 11.9 Å². The van der Waals surface area contributed by atoms with Gasteiger partial charge >= 0.3 is 5.97 Å². The first-order chi connectivity index (χ1) is 9.13. The van der Waals surface area contributed by atoms with Crippen LogP contribution in [-0.2, 0) is 20.7 Å². The molecule has 0 N–H and O–H groups in total. The number of ether oxygens (including phenoxy) is 1. The molecule has 1 amide bonds. The minimum absolute atomic E-state index is 0.0537. The number of hydrogen-bond donors (Lipinski definition) is 0. The summed E-state index contributed by atoms with van der Waals surface area (Å²) < 4.78 is 4.53. The predicted octanol–water partition coefficient (Wildman–Crippen LogP) is 1.43. The number of carbonyl (C=O) groups is 2. The zero-order chi connectivity index (χ0) is 14.1. The fraction of sp³-hybridized carbons (Fsp3) is 0.500. The second-order valence-corrected chi connectivity index (χ2v) is 4.35. The van der Waals surface area contributed by atoms with Crippen LogP contribution in [0.25, 0.3) is 0 Å². The number of nitrogens with zero attached hydrogens (tertiary/aromatic N) is 2. The van der Waals surface area contributed by atoms with Crippen molar-refractivity contribution in [3.8, 4) is 0 Å². The van der Waals surface area contributed by atoms with Gasteiger partial charge in [-0.05, 0) is 30.5 Å². The van der Waals surface area contributed by atoms with Crippen LogP contribution >= 0.6 is 0 Å². The van der Waals surface area contributed by atoms with Gasteiger partial charge in [-0.3, -0.25) is 14.6 Å². The highest BCUT2D eigenvalue weighted by Gasteiger charge is 2.09. The Hall–Kier alpha value is -1.91. The van der Waals surface area contributed by atoms with E-state index >= 15 is 0 Å². The quantitative estimate of drug-likeness (QED) is 0.699.